The molecule has 0 bridgehead atoms. The van der Waals surface area contributed by atoms with Crippen LogP contribution in [0, 0.1) is 0 Å². The van der Waals surface area contributed by atoms with E-state index >= 15 is 0 Å². The highest BCUT2D eigenvalue weighted by Crippen LogP contribution is 2.42. The third-order valence-corrected chi connectivity index (χ3v) is 6.27. The molecule has 2 heteroatoms. The molecule has 0 aliphatic carbocycles. The molecule has 0 radical (unpaired) electrons. The number of benzene rings is 5. The van der Waals surface area contributed by atoms with E-state index < -0.39 is 0 Å². The van der Waals surface area contributed by atoms with Crippen LogP contribution in [0.5, 0.6) is 0 Å². The molecule has 0 aliphatic rings. The zero-order valence-corrected chi connectivity index (χ0v) is 18.1. The number of rotatable bonds is 3. The summed E-state index contributed by atoms with van der Waals surface area (Å²) < 4.78 is 2.35. The fourth-order valence-corrected chi connectivity index (χ4v) is 4.79. The van der Waals surface area contributed by atoms with Crippen molar-refractivity contribution in [2.24, 2.45) is 0 Å². The predicted octanol–water partition coefficient (Wildman–Crippen LogP) is 8.77. The van der Waals surface area contributed by atoms with Crippen LogP contribution >= 0.6 is 11.6 Å². The van der Waals surface area contributed by atoms with Gasteiger partial charge in [-0.25, -0.2) is 0 Å². The third-order valence-electron chi connectivity index (χ3n) is 6.03. The lowest BCUT2D eigenvalue weighted by molar-refractivity contribution is 1.18. The molecule has 0 spiro atoms. The average molecular weight is 430 g/mol. The first kappa shape index (κ1) is 18.9. The standard InChI is InChI=1S/C30H20ClN/c31-24-16-17-28-27(20-24)30-26(22-12-6-2-7-13-22)18-23(21-10-4-1-5-11-21)19-29(30)32(28)25-14-8-3-9-15-25/h1-20H. The van der Waals surface area contributed by atoms with E-state index in [9.17, 15) is 0 Å². The first-order chi connectivity index (χ1) is 15.8. The van der Waals surface area contributed by atoms with E-state index in [2.05, 4.69) is 120 Å². The molecular weight excluding hydrogens is 410 g/mol. The van der Waals surface area contributed by atoms with Gasteiger partial charge in [-0.1, -0.05) is 90.5 Å². The maximum Gasteiger partial charge on any atom is 0.0553 e. The van der Waals surface area contributed by atoms with Gasteiger partial charge in [-0.3, -0.25) is 0 Å². The van der Waals surface area contributed by atoms with Gasteiger partial charge >= 0.3 is 0 Å². The van der Waals surface area contributed by atoms with Gasteiger partial charge in [-0.15, -0.1) is 0 Å². The zero-order chi connectivity index (χ0) is 21.5. The van der Waals surface area contributed by atoms with Crippen LogP contribution in [0.2, 0.25) is 5.02 Å². The Morgan fingerprint density at radius 3 is 1.81 bits per heavy atom. The molecular formula is C30H20ClN. The van der Waals surface area contributed by atoms with E-state index in [1.54, 1.807) is 0 Å². The van der Waals surface area contributed by atoms with E-state index in [0.29, 0.717) is 0 Å². The molecule has 152 valence electrons. The monoisotopic (exact) mass is 429 g/mol. The minimum atomic E-state index is 0.746. The molecule has 0 saturated heterocycles. The SMILES string of the molecule is Clc1ccc2c(c1)c1c(-c3ccccc3)cc(-c3ccccc3)cc1n2-c1ccccc1. The van der Waals surface area contributed by atoms with Gasteiger partial charge in [0.2, 0.25) is 0 Å². The van der Waals surface area contributed by atoms with Crippen molar-refractivity contribution in [3.8, 4) is 27.9 Å². The molecule has 5 aromatic carbocycles. The minimum Gasteiger partial charge on any atom is -0.309 e. The molecule has 0 amide bonds. The molecule has 32 heavy (non-hydrogen) atoms. The van der Waals surface area contributed by atoms with Crippen molar-refractivity contribution in [3.63, 3.8) is 0 Å². The summed E-state index contributed by atoms with van der Waals surface area (Å²) in [5, 5.41) is 3.13. The maximum absolute atomic E-state index is 6.49. The van der Waals surface area contributed by atoms with E-state index in [4.69, 9.17) is 11.6 Å². The summed E-state index contributed by atoms with van der Waals surface area (Å²) >= 11 is 6.49. The molecule has 0 unspecified atom stereocenters. The van der Waals surface area contributed by atoms with Crippen LogP contribution in [0.3, 0.4) is 0 Å². The summed E-state index contributed by atoms with van der Waals surface area (Å²) in [5.74, 6) is 0. The topological polar surface area (TPSA) is 4.93 Å². The lowest BCUT2D eigenvalue weighted by Gasteiger charge is -2.12. The molecule has 1 aromatic heterocycles. The van der Waals surface area contributed by atoms with Gasteiger partial charge in [0.05, 0.1) is 11.0 Å². The Labute approximate surface area is 192 Å². The summed E-state index contributed by atoms with van der Waals surface area (Å²) in [7, 11) is 0. The summed E-state index contributed by atoms with van der Waals surface area (Å²) in [6, 6.07) is 42.5. The summed E-state index contributed by atoms with van der Waals surface area (Å²) in [6.07, 6.45) is 0. The second-order valence-electron chi connectivity index (χ2n) is 7.98. The lowest BCUT2D eigenvalue weighted by atomic mass is 9.94. The highest BCUT2D eigenvalue weighted by Gasteiger charge is 2.18. The fraction of sp³-hybridized carbons (Fsp3) is 0. The van der Waals surface area contributed by atoms with Gasteiger partial charge in [-0.05, 0) is 64.7 Å². The Hall–Kier alpha value is -3.81. The largest absolute Gasteiger partial charge is 0.309 e. The Morgan fingerprint density at radius 2 is 1.12 bits per heavy atom. The Balaban J connectivity index is 1.82. The molecule has 6 aromatic rings. The van der Waals surface area contributed by atoms with Crippen molar-refractivity contribution in [2.45, 2.75) is 0 Å². The number of hydrogen-bond acceptors (Lipinski definition) is 0. The quantitative estimate of drug-likeness (QED) is 0.265. The molecule has 1 nitrogen and oxygen atoms in total. The van der Waals surface area contributed by atoms with Crippen LogP contribution in [0.25, 0.3) is 49.7 Å². The van der Waals surface area contributed by atoms with Crippen molar-refractivity contribution in [2.75, 3.05) is 0 Å². The molecule has 0 saturated carbocycles. The van der Waals surface area contributed by atoms with Gasteiger partial charge in [0.15, 0.2) is 0 Å². The maximum atomic E-state index is 6.49. The molecule has 6 rings (SSSR count). The van der Waals surface area contributed by atoms with Gasteiger partial charge in [-0.2, -0.15) is 0 Å². The Bertz CT molecular complexity index is 1550. The van der Waals surface area contributed by atoms with Gasteiger partial charge in [0.25, 0.3) is 0 Å². The van der Waals surface area contributed by atoms with Crippen LogP contribution in [0.15, 0.2) is 121 Å². The van der Waals surface area contributed by atoms with Crippen molar-refractivity contribution < 1.29 is 0 Å². The highest BCUT2D eigenvalue weighted by atomic mass is 35.5. The van der Waals surface area contributed by atoms with Gasteiger partial charge in [0.1, 0.15) is 0 Å². The first-order valence-electron chi connectivity index (χ1n) is 10.7. The summed E-state index contributed by atoms with van der Waals surface area (Å²) in [6.45, 7) is 0. The summed E-state index contributed by atoms with van der Waals surface area (Å²) in [4.78, 5) is 0. The van der Waals surface area contributed by atoms with Crippen molar-refractivity contribution in [1.82, 2.24) is 4.57 Å². The smallest absolute Gasteiger partial charge is 0.0553 e. The zero-order valence-electron chi connectivity index (χ0n) is 17.4. The molecule has 0 atom stereocenters. The first-order valence-corrected chi connectivity index (χ1v) is 11.1. The number of para-hydroxylation sites is 1. The summed E-state index contributed by atoms with van der Waals surface area (Å²) in [5.41, 5.74) is 8.27. The van der Waals surface area contributed by atoms with E-state index in [-0.39, 0.29) is 0 Å². The van der Waals surface area contributed by atoms with Crippen molar-refractivity contribution in [1.29, 1.82) is 0 Å². The molecule has 0 N–H and O–H groups in total. The van der Waals surface area contributed by atoms with Crippen molar-refractivity contribution in [3.05, 3.63) is 126 Å². The number of fused-ring (bicyclic) bond motifs is 3. The molecule has 0 aliphatic heterocycles. The highest BCUT2D eigenvalue weighted by molar-refractivity contribution is 6.32. The average Bonchev–Trinajstić information content (AvgIpc) is 3.18. The Kier molecular flexibility index (Phi) is 4.56. The fourth-order valence-electron chi connectivity index (χ4n) is 4.62. The number of hydrogen-bond donors (Lipinski definition) is 0. The Morgan fingerprint density at radius 1 is 0.500 bits per heavy atom. The number of halogens is 1. The van der Waals surface area contributed by atoms with Crippen LogP contribution in [0.1, 0.15) is 0 Å². The third kappa shape index (κ3) is 3.10. The normalized spacial score (nSPS) is 11.3. The molecule has 1 heterocycles. The van der Waals surface area contributed by atoms with Gasteiger partial charge < -0.3 is 4.57 Å². The second kappa shape index (κ2) is 7.71. The second-order valence-corrected chi connectivity index (χ2v) is 8.42. The minimum absolute atomic E-state index is 0.746. The van der Waals surface area contributed by atoms with Gasteiger partial charge in [0, 0.05) is 21.5 Å². The van der Waals surface area contributed by atoms with Crippen LogP contribution in [-0.4, -0.2) is 4.57 Å². The molecule has 0 fully saturated rings. The van der Waals surface area contributed by atoms with E-state index in [0.717, 1.165) is 21.6 Å². The van der Waals surface area contributed by atoms with Crippen LogP contribution in [-0.2, 0) is 0 Å². The lowest BCUT2D eigenvalue weighted by Crippen LogP contribution is -1.94. The van der Waals surface area contributed by atoms with Crippen LogP contribution < -0.4 is 0 Å². The predicted molar refractivity (Wildman–Crippen MR) is 137 cm³/mol. The van der Waals surface area contributed by atoms with Crippen LogP contribution in [0.4, 0.5) is 0 Å². The number of nitrogens with zero attached hydrogens (tertiary/aromatic N) is 1. The van der Waals surface area contributed by atoms with Crippen molar-refractivity contribution >= 4 is 33.4 Å². The van der Waals surface area contributed by atoms with E-state index in [1.807, 2.05) is 6.07 Å². The van der Waals surface area contributed by atoms with E-state index in [1.165, 1.54) is 33.2 Å². The number of aromatic nitrogens is 1.